The van der Waals surface area contributed by atoms with E-state index in [4.69, 9.17) is 0 Å². The van der Waals surface area contributed by atoms with Crippen LogP contribution in [-0.2, 0) is 12.7 Å². The van der Waals surface area contributed by atoms with Crippen LogP contribution in [0.5, 0.6) is 0 Å². The first kappa shape index (κ1) is 22.5. The zero-order valence-corrected chi connectivity index (χ0v) is 17.7. The molecule has 172 valence electrons. The van der Waals surface area contributed by atoms with E-state index in [9.17, 15) is 27.6 Å². The SMILES string of the molecule is Cc1cccc(-n2nc(C(=O)NCC3CC3)c(=O)n(Cc3ccc(C(F)(F)F)cc3)c2=O)c1. The fraction of sp³-hybridized carbons (Fsp3) is 0.304. The van der Waals surface area contributed by atoms with Crippen molar-refractivity contribution >= 4 is 5.91 Å². The average Bonchev–Trinajstić information content (AvgIpc) is 3.59. The van der Waals surface area contributed by atoms with Gasteiger partial charge in [-0.05, 0) is 61.1 Å². The van der Waals surface area contributed by atoms with Gasteiger partial charge in [0, 0.05) is 6.54 Å². The number of rotatable bonds is 6. The van der Waals surface area contributed by atoms with Crippen molar-refractivity contribution in [3.63, 3.8) is 0 Å². The number of nitrogens with zero attached hydrogens (tertiary/aromatic N) is 3. The largest absolute Gasteiger partial charge is 0.416 e. The number of carbonyl (C=O) groups excluding carboxylic acids is 1. The molecule has 0 saturated heterocycles. The van der Waals surface area contributed by atoms with Gasteiger partial charge in [-0.1, -0.05) is 24.3 Å². The number of aryl methyl sites for hydroxylation is 1. The molecule has 33 heavy (non-hydrogen) atoms. The molecule has 7 nitrogen and oxygen atoms in total. The Labute approximate surface area is 186 Å². The van der Waals surface area contributed by atoms with Crippen molar-refractivity contribution < 1.29 is 18.0 Å². The molecule has 4 rings (SSSR count). The van der Waals surface area contributed by atoms with Crippen molar-refractivity contribution in [2.75, 3.05) is 6.54 Å². The molecule has 1 amide bonds. The molecular weight excluding hydrogens is 437 g/mol. The molecule has 1 aliphatic carbocycles. The van der Waals surface area contributed by atoms with E-state index in [1.54, 1.807) is 18.2 Å². The fourth-order valence-corrected chi connectivity index (χ4v) is 3.35. The lowest BCUT2D eigenvalue weighted by molar-refractivity contribution is -0.137. The van der Waals surface area contributed by atoms with Gasteiger partial charge in [-0.15, -0.1) is 0 Å². The Morgan fingerprint density at radius 3 is 2.42 bits per heavy atom. The number of alkyl halides is 3. The summed E-state index contributed by atoms with van der Waals surface area (Å²) in [5, 5.41) is 6.71. The molecule has 1 aromatic heterocycles. The average molecular weight is 458 g/mol. The Kier molecular flexibility index (Phi) is 5.92. The van der Waals surface area contributed by atoms with E-state index in [-0.39, 0.29) is 6.54 Å². The second kappa shape index (κ2) is 8.68. The first-order chi connectivity index (χ1) is 15.6. The van der Waals surface area contributed by atoms with Gasteiger partial charge < -0.3 is 5.32 Å². The Morgan fingerprint density at radius 2 is 1.82 bits per heavy atom. The first-order valence-electron chi connectivity index (χ1n) is 10.4. The summed E-state index contributed by atoms with van der Waals surface area (Å²) in [4.78, 5) is 38.8. The highest BCUT2D eigenvalue weighted by Gasteiger charge is 2.30. The molecule has 2 aromatic carbocycles. The highest BCUT2D eigenvalue weighted by molar-refractivity contribution is 5.91. The van der Waals surface area contributed by atoms with Crippen LogP contribution in [0.3, 0.4) is 0 Å². The number of hydrogen-bond acceptors (Lipinski definition) is 4. The zero-order valence-electron chi connectivity index (χ0n) is 17.7. The lowest BCUT2D eigenvalue weighted by Gasteiger charge is -2.13. The van der Waals surface area contributed by atoms with Crippen LogP contribution in [0.4, 0.5) is 13.2 Å². The van der Waals surface area contributed by atoms with E-state index < -0.39 is 34.6 Å². The number of aromatic nitrogens is 3. The van der Waals surface area contributed by atoms with Crippen molar-refractivity contribution in [1.82, 2.24) is 19.7 Å². The maximum atomic E-state index is 13.1. The molecule has 1 fully saturated rings. The van der Waals surface area contributed by atoms with Crippen molar-refractivity contribution in [3.05, 3.63) is 91.8 Å². The molecule has 0 radical (unpaired) electrons. The lowest BCUT2D eigenvalue weighted by Crippen LogP contribution is -2.46. The van der Waals surface area contributed by atoms with E-state index in [0.717, 1.165) is 39.8 Å². The van der Waals surface area contributed by atoms with Crippen LogP contribution in [0.1, 0.15) is 40.0 Å². The van der Waals surface area contributed by atoms with Crippen LogP contribution in [-0.4, -0.2) is 26.8 Å². The number of halogens is 3. The summed E-state index contributed by atoms with van der Waals surface area (Å²) in [7, 11) is 0. The third-order valence-electron chi connectivity index (χ3n) is 5.39. The number of amides is 1. The minimum atomic E-state index is -4.50. The quantitative estimate of drug-likeness (QED) is 0.616. The minimum Gasteiger partial charge on any atom is -0.350 e. The Morgan fingerprint density at radius 1 is 1.12 bits per heavy atom. The highest BCUT2D eigenvalue weighted by Crippen LogP contribution is 2.29. The second-order valence-corrected chi connectivity index (χ2v) is 8.12. The Hall–Kier alpha value is -3.69. The minimum absolute atomic E-state index is 0.300. The fourth-order valence-electron chi connectivity index (χ4n) is 3.35. The van der Waals surface area contributed by atoms with E-state index >= 15 is 0 Å². The van der Waals surface area contributed by atoms with Crippen LogP contribution in [0.15, 0.2) is 58.1 Å². The molecule has 1 N–H and O–H groups in total. The van der Waals surface area contributed by atoms with Gasteiger partial charge in [0.25, 0.3) is 11.5 Å². The van der Waals surface area contributed by atoms with Gasteiger partial charge in [-0.3, -0.25) is 14.2 Å². The smallest absolute Gasteiger partial charge is 0.350 e. The summed E-state index contributed by atoms with van der Waals surface area (Å²) in [5.74, 6) is -0.333. The van der Waals surface area contributed by atoms with Gasteiger partial charge in [0.1, 0.15) is 0 Å². The van der Waals surface area contributed by atoms with Crippen molar-refractivity contribution in [2.45, 2.75) is 32.5 Å². The van der Waals surface area contributed by atoms with E-state index in [1.165, 1.54) is 12.1 Å². The Balaban J connectivity index is 1.78. The molecule has 1 aliphatic rings. The lowest BCUT2D eigenvalue weighted by atomic mass is 10.1. The predicted octanol–water partition coefficient (Wildman–Crippen LogP) is 2.91. The molecule has 0 aliphatic heterocycles. The number of benzene rings is 2. The third-order valence-corrected chi connectivity index (χ3v) is 5.39. The number of nitrogens with one attached hydrogen (secondary N) is 1. The van der Waals surface area contributed by atoms with Crippen LogP contribution in [0.25, 0.3) is 5.69 Å². The summed E-state index contributed by atoms with van der Waals surface area (Å²) >= 11 is 0. The van der Waals surface area contributed by atoms with E-state index in [0.29, 0.717) is 23.7 Å². The van der Waals surface area contributed by atoms with Crippen LogP contribution in [0.2, 0.25) is 0 Å². The molecule has 0 bridgehead atoms. The topological polar surface area (TPSA) is 86.0 Å². The summed E-state index contributed by atoms with van der Waals surface area (Å²) in [5.41, 5.74) is -1.51. The maximum absolute atomic E-state index is 13.1. The third kappa shape index (κ3) is 5.05. The zero-order chi connectivity index (χ0) is 23.8. The van der Waals surface area contributed by atoms with E-state index in [1.807, 2.05) is 13.0 Å². The van der Waals surface area contributed by atoms with Crippen LogP contribution >= 0.6 is 0 Å². The monoisotopic (exact) mass is 458 g/mol. The second-order valence-electron chi connectivity index (χ2n) is 8.12. The normalized spacial score (nSPS) is 13.7. The van der Waals surface area contributed by atoms with Crippen molar-refractivity contribution in [2.24, 2.45) is 5.92 Å². The molecular formula is C23H21F3N4O3. The standard InChI is InChI=1S/C23H21F3N4O3/c1-14-3-2-4-18(11-14)30-22(33)29(13-16-7-9-17(10-8-16)23(24,25)26)21(32)19(28-30)20(31)27-12-15-5-6-15/h2-4,7-11,15H,5-6,12-13H2,1H3,(H,27,31). The van der Waals surface area contributed by atoms with Gasteiger partial charge in [-0.2, -0.15) is 23.0 Å². The maximum Gasteiger partial charge on any atom is 0.416 e. The molecule has 0 atom stereocenters. The summed E-state index contributed by atoms with van der Waals surface area (Å²) in [6, 6.07) is 11.0. The molecule has 10 heteroatoms. The van der Waals surface area contributed by atoms with Crippen molar-refractivity contribution in [3.8, 4) is 5.69 Å². The van der Waals surface area contributed by atoms with Gasteiger partial charge >= 0.3 is 11.9 Å². The molecule has 3 aromatic rings. The van der Waals surface area contributed by atoms with Gasteiger partial charge in [-0.25, -0.2) is 4.79 Å². The van der Waals surface area contributed by atoms with Gasteiger partial charge in [0.05, 0.1) is 17.8 Å². The number of carbonyl (C=O) groups is 1. The predicted molar refractivity (Wildman–Crippen MR) is 114 cm³/mol. The number of hydrogen-bond donors (Lipinski definition) is 1. The van der Waals surface area contributed by atoms with Gasteiger partial charge in [0.2, 0.25) is 5.69 Å². The summed E-state index contributed by atoms with van der Waals surface area (Å²) in [6.07, 6.45) is -2.51. The Bertz CT molecular complexity index is 1310. The molecule has 0 spiro atoms. The highest BCUT2D eigenvalue weighted by atomic mass is 19.4. The molecule has 0 unspecified atom stereocenters. The van der Waals surface area contributed by atoms with E-state index in [2.05, 4.69) is 10.4 Å². The van der Waals surface area contributed by atoms with Crippen molar-refractivity contribution in [1.29, 1.82) is 0 Å². The molecule has 1 heterocycles. The first-order valence-corrected chi connectivity index (χ1v) is 10.4. The summed E-state index contributed by atoms with van der Waals surface area (Å²) in [6.45, 7) is 1.91. The summed E-state index contributed by atoms with van der Waals surface area (Å²) < 4.78 is 40.4. The molecule has 1 saturated carbocycles. The van der Waals surface area contributed by atoms with Crippen LogP contribution in [0, 0.1) is 12.8 Å². The van der Waals surface area contributed by atoms with Crippen LogP contribution < -0.4 is 16.6 Å². The van der Waals surface area contributed by atoms with Gasteiger partial charge in [0.15, 0.2) is 0 Å².